The highest BCUT2D eigenvalue weighted by Gasteiger charge is 2.34. The molecule has 13 heavy (non-hydrogen) atoms. The van der Waals surface area contributed by atoms with Crippen molar-refractivity contribution in [1.29, 1.82) is 0 Å². The highest BCUT2D eigenvalue weighted by atomic mass is 28.4. The van der Waals surface area contributed by atoms with Crippen molar-refractivity contribution in [3.63, 3.8) is 0 Å². The molecule has 3 heteroatoms. The van der Waals surface area contributed by atoms with Gasteiger partial charge in [0, 0.05) is 7.11 Å². The van der Waals surface area contributed by atoms with E-state index in [4.69, 9.17) is 4.43 Å². The maximum Gasteiger partial charge on any atom is 0.213 e. The average Bonchev–Trinajstić information content (AvgIpc) is 2.00. The number of allylic oxidation sites excluding steroid dienone is 1. The minimum atomic E-state index is -1.61. The summed E-state index contributed by atoms with van der Waals surface area (Å²) in [5, 5.41) is 1.37. The molecule has 0 aliphatic heterocycles. The zero-order valence-corrected chi connectivity index (χ0v) is 12.2. The Kier molecular flexibility index (Phi) is 4.15. The fourth-order valence-corrected chi connectivity index (χ4v) is 5.87. The van der Waals surface area contributed by atoms with Crippen LogP contribution >= 0.6 is 0 Å². The van der Waals surface area contributed by atoms with E-state index in [0.29, 0.717) is 5.54 Å². The Labute approximate surface area is 85.3 Å². The zero-order chi connectivity index (χ0) is 10.9. The predicted molar refractivity (Wildman–Crippen MR) is 66.4 cm³/mol. The van der Waals surface area contributed by atoms with Crippen LogP contribution in [0.25, 0.3) is 0 Å². The van der Waals surface area contributed by atoms with E-state index >= 15 is 0 Å². The van der Waals surface area contributed by atoms with Crippen LogP contribution in [-0.2, 0) is 4.43 Å². The minimum absolute atomic E-state index is 0.661. The topological polar surface area (TPSA) is 9.23 Å². The molecule has 0 fully saturated rings. The SMILES string of the molecule is C=C(C(C)[Si](C)(C)C)[Si](C)(C)OC. The standard InChI is InChI=1S/C10H24OSi2/c1-9(12(4,5)6)10(2)13(7,8)11-3/h9H,2H2,1,3-8H3. The number of rotatable bonds is 4. The van der Waals surface area contributed by atoms with E-state index in [2.05, 4.69) is 46.2 Å². The lowest BCUT2D eigenvalue weighted by Gasteiger charge is -2.34. The molecule has 0 radical (unpaired) electrons. The Morgan fingerprint density at radius 3 is 1.77 bits per heavy atom. The van der Waals surface area contributed by atoms with Crippen LogP contribution in [0.5, 0.6) is 0 Å². The molecule has 0 aliphatic carbocycles. The van der Waals surface area contributed by atoms with Gasteiger partial charge in [-0.1, -0.05) is 31.8 Å². The molecular formula is C10H24OSi2. The third-order valence-corrected chi connectivity index (χ3v) is 9.34. The number of hydrogen-bond donors (Lipinski definition) is 0. The average molecular weight is 216 g/mol. The lowest BCUT2D eigenvalue weighted by Crippen LogP contribution is -2.39. The van der Waals surface area contributed by atoms with Gasteiger partial charge in [0.25, 0.3) is 0 Å². The van der Waals surface area contributed by atoms with E-state index in [-0.39, 0.29) is 0 Å². The van der Waals surface area contributed by atoms with Crippen molar-refractivity contribution in [3.05, 3.63) is 11.8 Å². The molecule has 1 nitrogen and oxygen atoms in total. The van der Waals surface area contributed by atoms with Crippen molar-refractivity contribution < 1.29 is 4.43 Å². The second-order valence-electron chi connectivity index (χ2n) is 5.33. The van der Waals surface area contributed by atoms with E-state index < -0.39 is 16.4 Å². The minimum Gasteiger partial charge on any atom is -0.416 e. The van der Waals surface area contributed by atoms with E-state index in [1.807, 2.05) is 7.11 Å². The van der Waals surface area contributed by atoms with Crippen molar-refractivity contribution in [2.75, 3.05) is 7.11 Å². The van der Waals surface area contributed by atoms with Gasteiger partial charge in [-0.05, 0) is 18.6 Å². The first-order chi connectivity index (χ1) is 5.63. The van der Waals surface area contributed by atoms with E-state index in [9.17, 15) is 0 Å². The molecule has 0 aliphatic rings. The van der Waals surface area contributed by atoms with Gasteiger partial charge in [-0.25, -0.2) is 0 Å². The molecule has 0 rings (SSSR count). The van der Waals surface area contributed by atoms with Crippen LogP contribution in [0, 0.1) is 0 Å². The monoisotopic (exact) mass is 216 g/mol. The van der Waals surface area contributed by atoms with Gasteiger partial charge in [0.2, 0.25) is 8.32 Å². The first-order valence-corrected chi connectivity index (χ1v) is 11.4. The van der Waals surface area contributed by atoms with Gasteiger partial charge in [-0.3, -0.25) is 0 Å². The Morgan fingerprint density at radius 1 is 1.15 bits per heavy atom. The zero-order valence-electron chi connectivity index (χ0n) is 10.2. The second kappa shape index (κ2) is 4.11. The molecule has 0 N–H and O–H groups in total. The van der Waals surface area contributed by atoms with Crippen molar-refractivity contribution in [2.45, 2.75) is 45.2 Å². The molecule has 0 aromatic rings. The normalized spacial score (nSPS) is 15.6. The number of hydrogen-bond acceptors (Lipinski definition) is 1. The molecule has 1 atom stereocenters. The Balaban J connectivity index is 4.63. The third-order valence-electron chi connectivity index (χ3n) is 3.11. The first kappa shape index (κ1) is 13.1. The lowest BCUT2D eigenvalue weighted by molar-refractivity contribution is 0.411. The summed E-state index contributed by atoms with van der Waals surface area (Å²) >= 11 is 0. The van der Waals surface area contributed by atoms with E-state index in [1.54, 1.807) is 0 Å². The summed E-state index contributed by atoms with van der Waals surface area (Å²) in [5.41, 5.74) is 0.661. The summed E-state index contributed by atoms with van der Waals surface area (Å²) in [4.78, 5) is 0. The summed E-state index contributed by atoms with van der Waals surface area (Å²) in [6.45, 7) is 18.2. The molecule has 0 bridgehead atoms. The van der Waals surface area contributed by atoms with Crippen molar-refractivity contribution >= 4 is 16.4 Å². The Hall–Kier alpha value is 0.134. The Morgan fingerprint density at radius 2 is 1.54 bits per heavy atom. The summed E-state index contributed by atoms with van der Waals surface area (Å²) in [7, 11) is -0.894. The van der Waals surface area contributed by atoms with Gasteiger partial charge >= 0.3 is 0 Å². The van der Waals surface area contributed by atoms with Gasteiger partial charge in [-0.15, -0.1) is 6.58 Å². The largest absolute Gasteiger partial charge is 0.416 e. The van der Waals surface area contributed by atoms with Gasteiger partial charge in [0.1, 0.15) is 0 Å². The second-order valence-corrected chi connectivity index (χ2v) is 15.0. The molecule has 1 unspecified atom stereocenters. The van der Waals surface area contributed by atoms with Crippen LogP contribution in [0.1, 0.15) is 6.92 Å². The van der Waals surface area contributed by atoms with Crippen molar-refractivity contribution in [1.82, 2.24) is 0 Å². The van der Waals surface area contributed by atoms with E-state index in [1.165, 1.54) is 5.20 Å². The summed E-state index contributed by atoms with van der Waals surface area (Å²) in [6, 6.07) is 0. The van der Waals surface area contributed by atoms with Crippen LogP contribution in [0.3, 0.4) is 0 Å². The highest BCUT2D eigenvalue weighted by Crippen LogP contribution is 2.33. The van der Waals surface area contributed by atoms with Crippen LogP contribution < -0.4 is 0 Å². The first-order valence-electron chi connectivity index (χ1n) is 4.87. The van der Waals surface area contributed by atoms with Gasteiger partial charge in [0.15, 0.2) is 0 Å². The van der Waals surface area contributed by atoms with Crippen molar-refractivity contribution in [3.8, 4) is 0 Å². The maximum atomic E-state index is 5.58. The third kappa shape index (κ3) is 3.40. The molecule has 0 amide bonds. The van der Waals surface area contributed by atoms with E-state index in [0.717, 1.165) is 0 Å². The molecule has 0 spiro atoms. The fraction of sp³-hybridized carbons (Fsp3) is 0.800. The van der Waals surface area contributed by atoms with Crippen molar-refractivity contribution in [2.24, 2.45) is 0 Å². The summed E-state index contributed by atoms with van der Waals surface area (Å²) < 4.78 is 5.58. The van der Waals surface area contributed by atoms with Crippen LogP contribution in [0.15, 0.2) is 11.8 Å². The summed E-state index contributed by atoms with van der Waals surface area (Å²) in [6.07, 6.45) is 0. The molecule has 0 aromatic carbocycles. The molecule has 0 saturated heterocycles. The van der Waals surface area contributed by atoms with Crippen LogP contribution in [-0.4, -0.2) is 23.5 Å². The van der Waals surface area contributed by atoms with Crippen LogP contribution in [0.2, 0.25) is 38.3 Å². The predicted octanol–water partition coefficient (Wildman–Crippen LogP) is 3.66. The Bertz CT molecular complexity index is 192. The molecule has 0 aromatic heterocycles. The molecular weight excluding hydrogens is 192 g/mol. The van der Waals surface area contributed by atoms with Gasteiger partial charge in [-0.2, -0.15) is 0 Å². The molecule has 0 saturated carbocycles. The quantitative estimate of drug-likeness (QED) is 0.652. The maximum absolute atomic E-state index is 5.58. The van der Waals surface area contributed by atoms with Gasteiger partial charge < -0.3 is 4.43 Å². The fourth-order valence-electron chi connectivity index (χ4n) is 1.18. The smallest absolute Gasteiger partial charge is 0.213 e. The highest BCUT2D eigenvalue weighted by molar-refractivity contribution is 6.85. The molecule has 0 heterocycles. The van der Waals surface area contributed by atoms with Crippen LogP contribution in [0.4, 0.5) is 0 Å². The summed E-state index contributed by atoms with van der Waals surface area (Å²) in [5.74, 6) is 0. The lowest BCUT2D eigenvalue weighted by atomic mass is 10.5. The van der Waals surface area contributed by atoms with Gasteiger partial charge in [0.05, 0.1) is 8.07 Å². The molecule has 78 valence electrons.